The lowest BCUT2D eigenvalue weighted by atomic mass is 10.0. The minimum atomic E-state index is -4.49. The van der Waals surface area contributed by atoms with Gasteiger partial charge in [0, 0.05) is 26.2 Å². The third-order valence-electron chi connectivity index (χ3n) is 3.23. The molecule has 1 aliphatic rings. The van der Waals surface area contributed by atoms with Gasteiger partial charge in [-0.25, -0.2) is 0 Å². The number of nitrogens with zero attached hydrogens (tertiary/aromatic N) is 1. The molecule has 23 heavy (non-hydrogen) atoms. The van der Waals surface area contributed by atoms with Gasteiger partial charge in [0.25, 0.3) is 0 Å². The van der Waals surface area contributed by atoms with Gasteiger partial charge >= 0.3 is 12.8 Å². The van der Waals surface area contributed by atoms with Gasteiger partial charge in [-0.3, -0.25) is 4.90 Å². The first-order valence-corrected chi connectivity index (χ1v) is 6.44. The monoisotopic (exact) mass is 382 g/mol. The number of piperazine rings is 1. The average Bonchev–Trinajstić information content (AvgIpc) is 2.38. The zero-order valence-electron chi connectivity index (χ0n) is 11.9. The van der Waals surface area contributed by atoms with Crippen LogP contribution in [0.4, 0.5) is 22.0 Å². The quantitative estimate of drug-likeness (QED) is 0.804. The van der Waals surface area contributed by atoms with Crippen LogP contribution < -0.4 is 10.1 Å². The molecule has 1 atom stereocenters. The van der Waals surface area contributed by atoms with Gasteiger partial charge in [-0.15, -0.1) is 24.8 Å². The maximum Gasteiger partial charge on any atom is 0.408 e. The van der Waals surface area contributed by atoms with Crippen LogP contribution in [-0.2, 0) is 0 Å². The predicted molar refractivity (Wildman–Crippen MR) is 80.8 cm³/mol. The highest BCUT2D eigenvalue weighted by atomic mass is 35.5. The lowest BCUT2D eigenvalue weighted by Gasteiger charge is -2.36. The molecule has 2 rings (SSSR count). The molecule has 1 saturated heterocycles. The molecule has 0 aromatic heterocycles. The third-order valence-corrected chi connectivity index (χ3v) is 3.23. The summed E-state index contributed by atoms with van der Waals surface area (Å²) >= 11 is 0. The number of alkyl halides is 5. The average molecular weight is 383 g/mol. The molecule has 1 aromatic rings. The lowest BCUT2D eigenvalue weighted by Crippen LogP contribution is -2.49. The fraction of sp³-hybridized carbons (Fsp3) is 0.538. The number of hydrogen-bond donors (Lipinski definition) is 1. The summed E-state index contributed by atoms with van der Waals surface area (Å²) < 4.78 is 68.5. The van der Waals surface area contributed by atoms with Gasteiger partial charge < -0.3 is 10.1 Å². The SMILES string of the molecule is Cl.Cl.FC(F)Oc1cccc([C@H](N2CCNCC2)C(F)(F)F)c1. The Morgan fingerprint density at radius 1 is 1.09 bits per heavy atom. The van der Waals surface area contributed by atoms with Crippen LogP contribution >= 0.6 is 24.8 Å². The van der Waals surface area contributed by atoms with E-state index in [1.165, 1.54) is 23.1 Å². The molecule has 1 aromatic carbocycles. The van der Waals surface area contributed by atoms with Crippen molar-refractivity contribution in [3.8, 4) is 5.75 Å². The zero-order chi connectivity index (χ0) is 15.5. The van der Waals surface area contributed by atoms with Crippen molar-refractivity contribution in [2.24, 2.45) is 0 Å². The smallest absolute Gasteiger partial charge is 0.408 e. The number of nitrogens with one attached hydrogen (secondary N) is 1. The summed E-state index contributed by atoms with van der Waals surface area (Å²) in [5, 5.41) is 2.98. The maximum absolute atomic E-state index is 13.3. The highest BCUT2D eigenvalue weighted by Gasteiger charge is 2.45. The van der Waals surface area contributed by atoms with E-state index < -0.39 is 18.8 Å². The molecule has 1 fully saturated rings. The van der Waals surface area contributed by atoms with Crippen molar-refractivity contribution in [3.63, 3.8) is 0 Å². The van der Waals surface area contributed by atoms with Crippen LogP contribution in [0.15, 0.2) is 24.3 Å². The molecule has 10 heteroatoms. The molecule has 1 aliphatic heterocycles. The van der Waals surface area contributed by atoms with E-state index in [1.807, 2.05) is 0 Å². The van der Waals surface area contributed by atoms with Gasteiger partial charge in [-0.05, 0) is 17.7 Å². The Bertz CT molecular complexity index is 470. The van der Waals surface area contributed by atoms with E-state index in [0.717, 1.165) is 6.07 Å². The van der Waals surface area contributed by atoms with E-state index in [2.05, 4.69) is 10.1 Å². The third kappa shape index (κ3) is 6.29. The summed E-state index contributed by atoms with van der Waals surface area (Å²) in [6, 6.07) is 2.97. The van der Waals surface area contributed by atoms with Gasteiger partial charge in [0.05, 0.1) is 0 Å². The molecule has 3 nitrogen and oxygen atoms in total. The van der Waals surface area contributed by atoms with Crippen molar-refractivity contribution in [2.75, 3.05) is 26.2 Å². The summed E-state index contributed by atoms with van der Waals surface area (Å²) in [4.78, 5) is 1.29. The molecule has 1 heterocycles. The number of ether oxygens (including phenoxy) is 1. The molecule has 0 bridgehead atoms. The van der Waals surface area contributed by atoms with Crippen LogP contribution in [0, 0.1) is 0 Å². The van der Waals surface area contributed by atoms with Crippen LogP contribution in [0.2, 0.25) is 0 Å². The Balaban J connectivity index is 0.00000242. The largest absolute Gasteiger partial charge is 0.435 e. The van der Waals surface area contributed by atoms with Crippen LogP contribution in [0.5, 0.6) is 5.75 Å². The molecule has 0 amide bonds. The van der Waals surface area contributed by atoms with Gasteiger partial charge in [-0.2, -0.15) is 22.0 Å². The Hall–Kier alpha value is -0.830. The second-order valence-corrected chi connectivity index (χ2v) is 4.68. The van der Waals surface area contributed by atoms with E-state index in [0.29, 0.717) is 13.1 Å². The summed E-state index contributed by atoms with van der Waals surface area (Å²) in [7, 11) is 0. The molecule has 134 valence electrons. The van der Waals surface area contributed by atoms with E-state index in [-0.39, 0.29) is 49.2 Å². The van der Waals surface area contributed by atoms with Crippen molar-refractivity contribution in [1.29, 1.82) is 0 Å². The standard InChI is InChI=1S/C13H15F5N2O.2ClH/c14-12(15)21-10-3-1-2-9(8-10)11(13(16,17)18)20-6-4-19-5-7-20;;/h1-3,8,11-12,19H,4-7H2;2*1H/t11-;;/m0../s1. The topological polar surface area (TPSA) is 24.5 Å². The van der Waals surface area contributed by atoms with Crippen molar-refractivity contribution in [1.82, 2.24) is 10.2 Å². The van der Waals surface area contributed by atoms with Crippen molar-refractivity contribution in [2.45, 2.75) is 18.8 Å². The Morgan fingerprint density at radius 2 is 1.70 bits per heavy atom. The molecule has 0 radical (unpaired) electrons. The molecule has 0 spiro atoms. The molecule has 1 N–H and O–H groups in total. The first-order valence-electron chi connectivity index (χ1n) is 6.44. The Kier molecular flexibility index (Phi) is 9.12. The molecule has 0 unspecified atom stereocenters. The number of benzene rings is 1. The Morgan fingerprint density at radius 3 is 2.22 bits per heavy atom. The maximum atomic E-state index is 13.3. The highest BCUT2D eigenvalue weighted by molar-refractivity contribution is 5.85. The minimum Gasteiger partial charge on any atom is -0.435 e. The van der Waals surface area contributed by atoms with E-state index >= 15 is 0 Å². The first kappa shape index (κ1) is 22.2. The van der Waals surface area contributed by atoms with Gasteiger partial charge in [0.2, 0.25) is 0 Å². The van der Waals surface area contributed by atoms with Crippen molar-refractivity contribution in [3.05, 3.63) is 29.8 Å². The van der Waals surface area contributed by atoms with Crippen molar-refractivity contribution < 1.29 is 26.7 Å². The highest BCUT2D eigenvalue weighted by Crippen LogP contribution is 2.38. The van der Waals surface area contributed by atoms with Gasteiger partial charge in [0.15, 0.2) is 0 Å². The number of hydrogen-bond acceptors (Lipinski definition) is 3. The predicted octanol–water partition coefficient (Wildman–Crippen LogP) is 3.64. The van der Waals surface area contributed by atoms with Crippen molar-refractivity contribution >= 4 is 24.8 Å². The fourth-order valence-corrected chi connectivity index (χ4v) is 2.41. The normalized spacial score (nSPS) is 17.1. The van der Waals surface area contributed by atoms with Crippen LogP contribution in [0.25, 0.3) is 0 Å². The van der Waals surface area contributed by atoms with E-state index in [1.54, 1.807) is 0 Å². The van der Waals surface area contributed by atoms with Gasteiger partial charge in [0.1, 0.15) is 11.8 Å². The lowest BCUT2D eigenvalue weighted by molar-refractivity contribution is -0.187. The zero-order valence-corrected chi connectivity index (χ0v) is 13.5. The first-order chi connectivity index (χ1) is 9.88. The molecule has 0 saturated carbocycles. The van der Waals surface area contributed by atoms with Crippen LogP contribution in [0.1, 0.15) is 11.6 Å². The Labute approximate surface area is 143 Å². The van der Waals surface area contributed by atoms with E-state index in [4.69, 9.17) is 0 Å². The van der Waals surface area contributed by atoms with Crippen LogP contribution in [0.3, 0.4) is 0 Å². The van der Waals surface area contributed by atoms with E-state index in [9.17, 15) is 22.0 Å². The number of rotatable bonds is 4. The number of halogens is 7. The fourth-order valence-electron chi connectivity index (χ4n) is 2.41. The molecular weight excluding hydrogens is 366 g/mol. The summed E-state index contributed by atoms with van der Waals surface area (Å²) in [5.41, 5.74) is -0.0949. The van der Waals surface area contributed by atoms with Gasteiger partial charge in [-0.1, -0.05) is 12.1 Å². The summed E-state index contributed by atoms with van der Waals surface area (Å²) in [6.45, 7) is -1.67. The minimum absolute atomic E-state index is 0. The molecule has 0 aliphatic carbocycles. The summed E-state index contributed by atoms with van der Waals surface area (Å²) in [5.74, 6) is -0.271. The second-order valence-electron chi connectivity index (χ2n) is 4.68. The summed E-state index contributed by atoms with van der Waals surface area (Å²) in [6.07, 6.45) is -4.49. The molecular formula is C13H17Cl2F5N2O. The second kappa shape index (κ2) is 9.46. The van der Waals surface area contributed by atoms with Crippen LogP contribution in [-0.4, -0.2) is 43.9 Å².